The minimum atomic E-state index is -3.01. The Labute approximate surface area is 106 Å². The van der Waals surface area contributed by atoms with E-state index in [4.69, 9.17) is 16.9 Å². The second-order valence-electron chi connectivity index (χ2n) is 4.10. The van der Waals surface area contributed by atoms with E-state index in [1.54, 1.807) is 38.1 Å². The highest BCUT2D eigenvalue weighted by Gasteiger charge is 2.28. The minimum absolute atomic E-state index is 0.148. The Balaban J connectivity index is 2.93. The van der Waals surface area contributed by atoms with Gasteiger partial charge >= 0.3 is 5.97 Å². The zero-order valence-electron chi connectivity index (χ0n) is 9.70. The smallest absolute Gasteiger partial charge is 0.321 e. The molecule has 4 nitrogen and oxygen atoms in total. The number of carboxylic acids is 1. The van der Waals surface area contributed by atoms with E-state index in [0.717, 1.165) is 0 Å². The monoisotopic (exact) mass is 273 g/mol. The minimum Gasteiger partial charge on any atom is -0.480 e. The first-order valence-corrected chi connectivity index (χ1v) is 7.99. The highest BCUT2D eigenvalue weighted by molar-refractivity contribution is 8.14. The van der Waals surface area contributed by atoms with Crippen LogP contribution in [0.4, 0.5) is 0 Å². The molecule has 17 heavy (non-hydrogen) atoms. The summed E-state index contributed by atoms with van der Waals surface area (Å²) in [6, 6.07) is 7.90. The van der Waals surface area contributed by atoms with Gasteiger partial charge in [-0.15, -0.1) is 0 Å². The van der Waals surface area contributed by atoms with Gasteiger partial charge in [0, 0.05) is 5.30 Å². The lowest BCUT2D eigenvalue weighted by Gasteiger charge is -2.24. The summed E-state index contributed by atoms with van der Waals surface area (Å²) >= 11 is 5.12. The fourth-order valence-electron chi connectivity index (χ4n) is 1.38. The Morgan fingerprint density at radius 3 is 2.29 bits per heavy atom. The molecule has 0 heterocycles. The summed E-state index contributed by atoms with van der Waals surface area (Å²) in [7, 11) is 0. The van der Waals surface area contributed by atoms with Crippen LogP contribution in [0.1, 0.15) is 13.8 Å². The van der Waals surface area contributed by atoms with Crippen LogP contribution < -0.4 is 10.4 Å². The number of rotatable bonds is 5. The number of hydrogen-bond donors (Lipinski definition) is 3. The van der Waals surface area contributed by atoms with Crippen LogP contribution in [0.3, 0.4) is 0 Å². The highest BCUT2D eigenvalue weighted by atomic mass is 32.4. The summed E-state index contributed by atoms with van der Waals surface area (Å²) in [5.41, 5.74) is 0. The molecular formula is C11H16NO3PS. The van der Waals surface area contributed by atoms with Crippen LogP contribution in [0.25, 0.3) is 0 Å². The van der Waals surface area contributed by atoms with Gasteiger partial charge in [0.05, 0.1) is 0 Å². The molecule has 1 aromatic carbocycles. The van der Waals surface area contributed by atoms with E-state index in [9.17, 15) is 9.69 Å². The van der Waals surface area contributed by atoms with E-state index in [-0.39, 0.29) is 5.92 Å². The normalized spacial score (nSPS) is 16.5. The van der Waals surface area contributed by atoms with E-state index in [0.29, 0.717) is 5.30 Å². The first-order valence-electron chi connectivity index (χ1n) is 5.23. The van der Waals surface area contributed by atoms with Crippen molar-refractivity contribution in [1.29, 1.82) is 0 Å². The average Bonchev–Trinajstić information content (AvgIpc) is 2.26. The van der Waals surface area contributed by atoms with Gasteiger partial charge < -0.3 is 10.00 Å². The van der Waals surface area contributed by atoms with Crippen molar-refractivity contribution in [2.45, 2.75) is 19.9 Å². The number of hydrogen-bond acceptors (Lipinski definition) is 2. The van der Waals surface area contributed by atoms with Crippen LogP contribution in [0, 0.1) is 5.92 Å². The van der Waals surface area contributed by atoms with E-state index in [2.05, 4.69) is 5.09 Å². The first-order chi connectivity index (χ1) is 7.84. The Morgan fingerprint density at radius 1 is 1.35 bits per heavy atom. The lowest BCUT2D eigenvalue weighted by atomic mass is 10.1. The van der Waals surface area contributed by atoms with Crippen LogP contribution in [-0.2, 0) is 16.6 Å². The molecule has 0 aliphatic heterocycles. The summed E-state index contributed by atoms with van der Waals surface area (Å²) in [5, 5.41) is 12.3. The summed E-state index contributed by atoms with van der Waals surface area (Å²) < 4.78 is 0. The SMILES string of the molecule is CC(C)C(NP(O)(=S)c1ccccc1)C(=O)O. The maximum Gasteiger partial charge on any atom is 0.321 e. The molecule has 0 aliphatic carbocycles. The predicted octanol–water partition coefficient (Wildman–Crippen LogP) is 1.31. The van der Waals surface area contributed by atoms with Gasteiger partial charge in [-0.3, -0.25) is 9.88 Å². The van der Waals surface area contributed by atoms with Gasteiger partial charge in [0.15, 0.2) is 6.42 Å². The van der Waals surface area contributed by atoms with Crippen LogP contribution in [0.5, 0.6) is 0 Å². The molecule has 0 spiro atoms. The molecule has 2 atom stereocenters. The van der Waals surface area contributed by atoms with Crippen molar-refractivity contribution in [3.8, 4) is 0 Å². The van der Waals surface area contributed by atoms with Crippen LogP contribution in [0.15, 0.2) is 30.3 Å². The lowest BCUT2D eigenvalue weighted by Crippen LogP contribution is -2.40. The molecule has 1 rings (SSSR count). The number of aliphatic carboxylic acids is 1. The second kappa shape index (κ2) is 5.74. The zero-order valence-corrected chi connectivity index (χ0v) is 11.4. The largest absolute Gasteiger partial charge is 0.480 e. The summed E-state index contributed by atoms with van der Waals surface area (Å²) in [6.07, 6.45) is -3.01. The van der Waals surface area contributed by atoms with E-state index in [1.807, 2.05) is 6.07 Å². The van der Waals surface area contributed by atoms with E-state index < -0.39 is 18.4 Å². The molecule has 0 bridgehead atoms. The number of nitrogens with one attached hydrogen (secondary N) is 1. The number of carboxylic acid groups (broad SMARTS) is 1. The zero-order chi connectivity index (χ0) is 13.1. The average molecular weight is 273 g/mol. The Morgan fingerprint density at radius 2 is 1.88 bits per heavy atom. The second-order valence-corrected chi connectivity index (χ2v) is 7.61. The molecule has 0 aliphatic rings. The summed E-state index contributed by atoms with van der Waals surface area (Å²) in [5.74, 6) is -1.15. The van der Waals surface area contributed by atoms with Crippen molar-refractivity contribution in [2.75, 3.05) is 0 Å². The van der Waals surface area contributed by atoms with Gasteiger partial charge in [-0.2, -0.15) is 0 Å². The van der Waals surface area contributed by atoms with Crippen molar-refractivity contribution < 1.29 is 14.8 Å². The fraction of sp³-hybridized carbons (Fsp3) is 0.364. The van der Waals surface area contributed by atoms with Crippen LogP contribution in [0.2, 0.25) is 0 Å². The maximum absolute atomic E-state index is 11.0. The van der Waals surface area contributed by atoms with Crippen molar-refractivity contribution in [3.05, 3.63) is 30.3 Å². The molecule has 0 radical (unpaired) electrons. The molecule has 0 fully saturated rings. The molecular weight excluding hydrogens is 257 g/mol. The Bertz CT molecular complexity index is 436. The molecule has 6 heteroatoms. The fourth-order valence-corrected chi connectivity index (χ4v) is 3.60. The quantitative estimate of drug-likeness (QED) is 0.706. The Hall–Kier alpha value is -0.740. The van der Waals surface area contributed by atoms with Crippen LogP contribution >= 0.6 is 6.42 Å². The van der Waals surface area contributed by atoms with Gasteiger partial charge in [0.1, 0.15) is 6.04 Å². The van der Waals surface area contributed by atoms with Crippen molar-refractivity contribution in [1.82, 2.24) is 5.09 Å². The topological polar surface area (TPSA) is 69.6 Å². The van der Waals surface area contributed by atoms with Crippen molar-refractivity contribution in [3.63, 3.8) is 0 Å². The van der Waals surface area contributed by atoms with Gasteiger partial charge in [0.25, 0.3) is 0 Å². The summed E-state index contributed by atoms with van der Waals surface area (Å²) in [6.45, 7) is 3.54. The highest BCUT2D eigenvalue weighted by Crippen LogP contribution is 2.36. The molecule has 3 N–H and O–H groups in total. The van der Waals surface area contributed by atoms with Crippen LogP contribution in [-0.4, -0.2) is 22.0 Å². The molecule has 0 amide bonds. The molecule has 0 saturated heterocycles. The Kier molecular flexibility index (Phi) is 4.83. The summed E-state index contributed by atoms with van der Waals surface area (Å²) in [4.78, 5) is 21.3. The number of carbonyl (C=O) groups is 1. The van der Waals surface area contributed by atoms with E-state index in [1.165, 1.54) is 0 Å². The van der Waals surface area contributed by atoms with Crippen molar-refractivity contribution >= 4 is 29.5 Å². The van der Waals surface area contributed by atoms with Gasteiger partial charge in [0.2, 0.25) is 0 Å². The molecule has 2 unspecified atom stereocenters. The third-order valence-corrected chi connectivity index (χ3v) is 4.93. The first kappa shape index (κ1) is 14.3. The lowest BCUT2D eigenvalue weighted by molar-refractivity contribution is -0.140. The van der Waals surface area contributed by atoms with Crippen molar-refractivity contribution in [2.24, 2.45) is 5.92 Å². The molecule has 94 valence electrons. The van der Waals surface area contributed by atoms with E-state index >= 15 is 0 Å². The molecule has 0 aromatic heterocycles. The third-order valence-electron chi connectivity index (χ3n) is 2.35. The maximum atomic E-state index is 11.0. The number of benzene rings is 1. The molecule has 0 saturated carbocycles. The predicted molar refractivity (Wildman–Crippen MR) is 72.0 cm³/mol. The van der Waals surface area contributed by atoms with Gasteiger partial charge in [-0.25, -0.2) is 0 Å². The van der Waals surface area contributed by atoms with Gasteiger partial charge in [-0.05, 0) is 17.7 Å². The molecule has 1 aromatic rings. The standard InChI is InChI=1S/C11H16NO3PS/c1-8(2)10(11(13)14)12-16(15,17)9-6-4-3-5-7-9/h3-8,10H,1-2H3,(H,13,14)(H2,12,15,17). The van der Waals surface area contributed by atoms with Gasteiger partial charge in [-0.1, -0.05) is 44.2 Å². The third kappa shape index (κ3) is 3.89.